The van der Waals surface area contributed by atoms with Gasteiger partial charge in [-0.1, -0.05) is 33.4 Å². The zero-order valence-electron chi connectivity index (χ0n) is 18.9. The smallest absolute Gasteiger partial charge is 0.417 e. The third kappa shape index (κ3) is 8.70. The van der Waals surface area contributed by atoms with Crippen LogP contribution in [0.25, 0.3) is 0 Å². The molecule has 32 heavy (non-hydrogen) atoms. The molecule has 1 aliphatic rings. The van der Waals surface area contributed by atoms with Crippen LogP contribution in [0, 0.1) is 0 Å². The van der Waals surface area contributed by atoms with Crippen LogP contribution in [-0.4, -0.2) is 44.9 Å². The minimum Gasteiger partial charge on any atom is -0.417 e. The van der Waals surface area contributed by atoms with Crippen LogP contribution >= 0.6 is 11.3 Å². The van der Waals surface area contributed by atoms with E-state index in [0.717, 1.165) is 5.01 Å². The van der Waals surface area contributed by atoms with E-state index >= 15 is 0 Å². The number of nitrogens with zero attached hydrogens (tertiary/aromatic N) is 4. The minimum absolute atomic E-state index is 0. The molecular formula is C20H27F4N4O2RbS. The summed E-state index contributed by atoms with van der Waals surface area (Å²) in [5, 5.41) is 5.85. The van der Waals surface area contributed by atoms with E-state index in [9.17, 15) is 27.2 Å². The molecule has 0 radical (unpaired) electrons. The van der Waals surface area contributed by atoms with Crippen LogP contribution in [0.1, 0.15) is 81.4 Å². The SMILES string of the molecule is CC.CC.O=[C-]c1csc(C2CCN(C(=O)Cn3nc(C(F)F)cc3C(F)F)CC2)n1.[Rb+]. The van der Waals surface area contributed by atoms with Crippen LogP contribution in [0.2, 0.25) is 0 Å². The van der Waals surface area contributed by atoms with E-state index in [4.69, 9.17) is 0 Å². The van der Waals surface area contributed by atoms with Crippen LogP contribution in [0.3, 0.4) is 0 Å². The van der Waals surface area contributed by atoms with Crippen molar-refractivity contribution in [1.82, 2.24) is 19.7 Å². The van der Waals surface area contributed by atoms with Gasteiger partial charge in [-0.2, -0.15) is 5.10 Å². The summed E-state index contributed by atoms with van der Waals surface area (Å²) in [5.74, 6) is -0.353. The molecule has 1 fully saturated rings. The third-order valence-corrected chi connectivity index (χ3v) is 5.39. The third-order valence-electron chi connectivity index (χ3n) is 4.39. The summed E-state index contributed by atoms with van der Waals surface area (Å²) >= 11 is 1.36. The Balaban J connectivity index is 0.00000182. The maximum atomic E-state index is 13.0. The first kappa shape index (κ1) is 31.5. The zero-order chi connectivity index (χ0) is 23.6. The average molecular weight is 549 g/mol. The fourth-order valence-electron chi connectivity index (χ4n) is 2.99. The van der Waals surface area contributed by atoms with Crippen molar-refractivity contribution in [3.05, 3.63) is 33.5 Å². The first-order valence-corrected chi connectivity index (χ1v) is 11.0. The van der Waals surface area contributed by atoms with Gasteiger partial charge in [0.2, 0.25) is 5.91 Å². The molecule has 0 spiro atoms. The molecule has 0 saturated carbocycles. The summed E-state index contributed by atoms with van der Waals surface area (Å²) in [6, 6.07) is 0.624. The molecule has 0 aliphatic carbocycles. The van der Waals surface area contributed by atoms with Crippen LogP contribution in [0.5, 0.6) is 0 Å². The van der Waals surface area contributed by atoms with Crippen molar-refractivity contribution >= 4 is 23.5 Å². The fourth-order valence-corrected chi connectivity index (χ4v) is 3.90. The first-order chi connectivity index (χ1) is 14.9. The Kier molecular flexibility index (Phi) is 15.9. The number of hydrogen-bond donors (Lipinski definition) is 0. The number of piperidine rings is 1. The van der Waals surface area contributed by atoms with Crippen molar-refractivity contribution in [1.29, 1.82) is 0 Å². The second kappa shape index (κ2) is 16.2. The normalized spacial score (nSPS) is 13.6. The fraction of sp³-hybridized carbons (Fsp3) is 0.600. The summed E-state index contributed by atoms with van der Waals surface area (Å²) in [6.07, 6.45) is -3.04. The number of alkyl halides is 4. The van der Waals surface area contributed by atoms with E-state index < -0.39 is 36.7 Å². The van der Waals surface area contributed by atoms with Crippen molar-refractivity contribution in [3.63, 3.8) is 0 Å². The first-order valence-electron chi connectivity index (χ1n) is 10.1. The summed E-state index contributed by atoms with van der Waals surface area (Å²) in [4.78, 5) is 28.6. The average Bonchev–Trinajstić information content (AvgIpc) is 3.44. The Morgan fingerprint density at radius 1 is 1.16 bits per heavy atom. The Labute approximate surface area is 238 Å². The van der Waals surface area contributed by atoms with E-state index in [-0.39, 0.29) is 69.8 Å². The number of thiazole rings is 1. The van der Waals surface area contributed by atoms with Gasteiger partial charge in [0.1, 0.15) is 17.9 Å². The van der Waals surface area contributed by atoms with Gasteiger partial charge in [-0.25, -0.2) is 28.9 Å². The van der Waals surface area contributed by atoms with Crippen molar-refractivity contribution in [2.45, 2.75) is 65.9 Å². The number of carbonyl (C=O) groups excluding carboxylic acids is 2. The monoisotopic (exact) mass is 548 g/mol. The van der Waals surface area contributed by atoms with E-state index in [2.05, 4.69) is 10.1 Å². The van der Waals surface area contributed by atoms with Gasteiger partial charge in [-0.05, 0) is 18.9 Å². The van der Waals surface area contributed by atoms with E-state index in [1.165, 1.54) is 16.2 Å². The molecule has 0 aromatic carbocycles. The second-order valence-corrected chi connectivity index (χ2v) is 6.97. The van der Waals surface area contributed by atoms with E-state index in [1.807, 2.05) is 27.7 Å². The molecule has 1 amide bonds. The van der Waals surface area contributed by atoms with Crippen molar-refractivity contribution < 1.29 is 85.3 Å². The van der Waals surface area contributed by atoms with Crippen LogP contribution in [-0.2, 0) is 16.1 Å². The predicted octanol–water partition coefficient (Wildman–Crippen LogP) is 2.14. The van der Waals surface area contributed by atoms with Gasteiger partial charge in [-0.3, -0.25) is 14.5 Å². The Morgan fingerprint density at radius 2 is 1.75 bits per heavy atom. The second-order valence-electron chi connectivity index (χ2n) is 6.08. The molecule has 0 N–H and O–H groups in total. The topological polar surface area (TPSA) is 68.1 Å². The molecule has 174 valence electrons. The largest absolute Gasteiger partial charge is 1.00 e. The summed E-state index contributed by atoms with van der Waals surface area (Å²) < 4.78 is 52.1. The molecule has 12 heteroatoms. The molecule has 0 atom stereocenters. The maximum Gasteiger partial charge on any atom is 1.00 e. The van der Waals surface area contributed by atoms with Crippen molar-refractivity contribution in [2.24, 2.45) is 0 Å². The summed E-state index contributed by atoms with van der Waals surface area (Å²) in [7, 11) is 0. The molecule has 3 heterocycles. The maximum absolute atomic E-state index is 13.0. The van der Waals surface area contributed by atoms with Gasteiger partial charge in [-0.15, -0.1) is 5.38 Å². The number of carbonyl (C=O) groups is 1. The molecule has 3 rings (SSSR count). The van der Waals surface area contributed by atoms with Gasteiger partial charge in [0.25, 0.3) is 12.9 Å². The van der Waals surface area contributed by atoms with Gasteiger partial charge in [0.15, 0.2) is 0 Å². The molecule has 2 aromatic heterocycles. The van der Waals surface area contributed by atoms with Crippen molar-refractivity contribution in [3.8, 4) is 0 Å². The molecule has 0 unspecified atom stereocenters. The van der Waals surface area contributed by atoms with Gasteiger partial charge < -0.3 is 9.69 Å². The van der Waals surface area contributed by atoms with Crippen LogP contribution in [0.15, 0.2) is 11.4 Å². The number of halogens is 4. The Morgan fingerprint density at radius 3 is 2.22 bits per heavy atom. The van der Waals surface area contributed by atoms with Crippen LogP contribution in [0.4, 0.5) is 17.6 Å². The molecule has 1 aliphatic heterocycles. The summed E-state index contributed by atoms with van der Waals surface area (Å²) in [5.41, 5.74) is -1.22. The molecular weight excluding hydrogens is 522 g/mol. The molecule has 2 aromatic rings. The predicted molar refractivity (Wildman–Crippen MR) is 110 cm³/mol. The number of amides is 1. The van der Waals surface area contributed by atoms with Gasteiger partial charge in [0, 0.05) is 25.3 Å². The van der Waals surface area contributed by atoms with Crippen molar-refractivity contribution in [2.75, 3.05) is 13.1 Å². The van der Waals surface area contributed by atoms with Gasteiger partial charge in [0.05, 0.1) is 5.01 Å². The van der Waals surface area contributed by atoms with Gasteiger partial charge >= 0.3 is 58.2 Å². The number of aromatic nitrogens is 3. The molecule has 0 bridgehead atoms. The van der Waals surface area contributed by atoms with E-state index in [1.54, 1.807) is 11.7 Å². The molecule has 1 saturated heterocycles. The molecule has 6 nitrogen and oxygen atoms in total. The quantitative estimate of drug-likeness (QED) is 0.410. The zero-order valence-corrected chi connectivity index (χ0v) is 24.7. The Bertz CT molecular complexity index is 824. The number of likely N-dealkylation sites (tertiary alicyclic amines) is 1. The number of rotatable bonds is 6. The van der Waals surface area contributed by atoms with E-state index in [0.29, 0.717) is 36.7 Å². The Hall–Kier alpha value is -0.495. The summed E-state index contributed by atoms with van der Waals surface area (Å²) in [6.45, 7) is 8.25. The minimum atomic E-state index is -3.00. The standard InChI is InChI=1S/C16H15F4N4O2S.2C2H6.Rb/c17-14(18)11-5-12(15(19)20)24(22-11)6-13(26)23-3-1-9(2-4-23)16-21-10(7-25)8-27-16;2*1-2;/h5,8-9,14-15H,1-4,6H2;2*1-2H3;/q-1;;;+1. The van der Waals surface area contributed by atoms with Crippen LogP contribution < -0.4 is 58.2 Å². The number of hydrogen-bond acceptors (Lipinski definition) is 5.